The number of piperazine rings is 1. The highest BCUT2D eigenvalue weighted by Crippen LogP contribution is 2.13. The lowest BCUT2D eigenvalue weighted by atomic mass is 10.1. The molecule has 0 saturated carbocycles. The summed E-state index contributed by atoms with van der Waals surface area (Å²) in [5, 5.41) is 2.97. The van der Waals surface area contributed by atoms with Gasteiger partial charge in [0.1, 0.15) is 12.4 Å². The summed E-state index contributed by atoms with van der Waals surface area (Å²) in [6.45, 7) is 5.05. The number of urea groups is 1. The van der Waals surface area contributed by atoms with Gasteiger partial charge in [-0.25, -0.2) is 4.79 Å². The summed E-state index contributed by atoms with van der Waals surface area (Å²) in [5.74, 6) is 3.29. The number of aryl methyl sites for hydroxylation is 1. The lowest BCUT2D eigenvalue weighted by Gasteiger charge is -2.35. The van der Waals surface area contributed by atoms with Crippen molar-refractivity contribution in [3.63, 3.8) is 0 Å². The van der Waals surface area contributed by atoms with Crippen molar-refractivity contribution in [2.45, 2.75) is 19.8 Å². The van der Waals surface area contributed by atoms with Crippen LogP contribution in [0.3, 0.4) is 0 Å². The molecule has 0 bridgehead atoms. The van der Waals surface area contributed by atoms with Crippen LogP contribution >= 0.6 is 0 Å². The molecule has 0 atom stereocenters. The van der Waals surface area contributed by atoms with Crippen molar-refractivity contribution in [3.8, 4) is 18.1 Å². The van der Waals surface area contributed by atoms with Gasteiger partial charge in [0, 0.05) is 32.7 Å². The summed E-state index contributed by atoms with van der Waals surface area (Å²) in [5.41, 5.74) is 3.30. The minimum atomic E-state index is -0.0834. The number of hydrogen-bond acceptors (Lipinski definition) is 3. The second-order valence-corrected chi connectivity index (χ2v) is 7.59. The van der Waals surface area contributed by atoms with E-state index in [1.54, 1.807) is 4.90 Å². The van der Waals surface area contributed by atoms with Gasteiger partial charge in [0.25, 0.3) is 0 Å². The van der Waals surface area contributed by atoms with Crippen molar-refractivity contribution >= 4 is 11.9 Å². The van der Waals surface area contributed by atoms with Gasteiger partial charge in [0.2, 0.25) is 5.91 Å². The van der Waals surface area contributed by atoms with E-state index in [-0.39, 0.29) is 18.5 Å². The lowest BCUT2D eigenvalue weighted by molar-refractivity contribution is -0.131. The topological polar surface area (TPSA) is 61.9 Å². The van der Waals surface area contributed by atoms with Gasteiger partial charge in [0.05, 0.1) is 6.42 Å². The maximum absolute atomic E-state index is 12.6. The lowest BCUT2D eigenvalue weighted by Crippen LogP contribution is -2.53. The molecule has 2 aromatic rings. The third kappa shape index (κ3) is 6.51. The summed E-state index contributed by atoms with van der Waals surface area (Å²) in [6.07, 6.45) is 6.32. The van der Waals surface area contributed by atoms with Crippen LogP contribution in [-0.2, 0) is 17.6 Å². The van der Waals surface area contributed by atoms with Gasteiger partial charge in [-0.2, -0.15) is 0 Å². The van der Waals surface area contributed by atoms with E-state index in [1.807, 2.05) is 60.4 Å². The van der Waals surface area contributed by atoms with Crippen LogP contribution in [0.4, 0.5) is 4.79 Å². The number of ether oxygens (including phenoxy) is 1. The molecule has 1 aliphatic heterocycles. The van der Waals surface area contributed by atoms with E-state index < -0.39 is 0 Å². The van der Waals surface area contributed by atoms with E-state index in [2.05, 4.69) is 11.2 Å². The van der Waals surface area contributed by atoms with Crippen molar-refractivity contribution in [3.05, 3.63) is 65.2 Å². The fraction of sp³-hybridized carbons (Fsp3) is 0.360. The van der Waals surface area contributed by atoms with Gasteiger partial charge in [0.15, 0.2) is 0 Å². The van der Waals surface area contributed by atoms with E-state index >= 15 is 0 Å². The Morgan fingerprint density at radius 3 is 2.39 bits per heavy atom. The normalized spacial score (nSPS) is 13.4. The smallest absolute Gasteiger partial charge is 0.317 e. The molecule has 0 spiro atoms. The molecule has 6 heteroatoms. The Bertz CT molecular complexity index is 926. The fourth-order valence-corrected chi connectivity index (χ4v) is 3.55. The first kappa shape index (κ1) is 22.2. The van der Waals surface area contributed by atoms with Crippen LogP contribution in [0.2, 0.25) is 0 Å². The van der Waals surface area contributed by atoms with Crippen molar-refractivity contribution in [2.24, 2.45) is 0 Å². The van der Waals surface area contributed by atoms with E-state index in [9.17, 15) is 9.59 Å². The quantitative estimate of drug-likeness (QED) is 0.702. The second kappa shape index (κ2) is 11.1. The molecule has 162 valence electrons. The number of carbonyl (C=O) groups excluding carboxylic acids is 2. The molecule has 3 rings (SSSR count). The molecule has 3 amide bonds. The molecular weight excluding hydrogens is 390 g/mol. The van der Waals surface area contributed by atoms with Gasteiger partial charge >= 0.3 is 6.03 Å². The molecule has 6 nitrogen and oxygen atoms in total. The number of amides is 3. The molecule has 31 heavy (non-hydrogen) atoms. The minimum absolute atomic E-state index is 0.0834. The SMILES string of the molecule is C#CCOc1ccc(CCNC(=O)N2CCN(C(=O)Cc3ccccc3C)CC2)cc1. The summed E-state index contributed by atoms with van der Waals surface area (Å²) in [6, 6.07) is 15.6. The zero-order chi connectivity index (χ0) is 22.1. The first-order valence-electron chi connectivity index (χ1n) is 10.6. The van der Waals surface area contributed by atoms with Crippen molar-refractivity contribution in [1.29, 1.82) is 0 Å². The monoisotopic (exact) mass is 419 g/mol. The average Bonchev–Trinajstić information content (AvgIpc) is 2.80. The molecule has 2 aromatic carbocycles. The number of nitrogens with zero attached hydrogens (tertiary/aromatic N) is 2. The van der Waals surface area contributed by atoms with E-state index in [4.69, 9.17) is 11.2 Å². The Hall–Kier alpha value is -3.46. The van der Waals surface area contributed by atoms with E-state index in [0.29, 0.717) is 39.1 Å². The van der Waals surface area contributed by atoms with Gasteiger partial charge in [-0.1, -0.05) is 42.3 Å². The molecule has 1 heterocycles. The highest BCUT2D eigenvalue weighted by Gasteiger charge is 2.24. The number of carbonyl (C=O) groups is 2. The Labute approximate surface area is 184 Å². The predicted octanol–water partition coefficient (Wildman–Crippen LogP) is 2.65. The van der Waals surface area contributed by atoms with Crippen LogP contribution in [0, 0.1) is 19.3 Å². The Balaban J connectivity index is 1.37. The zero-order valence-corrected chi connectivity index (χ0v) is 18.0. The standard InChI is InChI=1S/C25H29N3O3/c1-3-18-31-23-10-8-21(9-11-23)12-13-26-25(30)28-16-14-27(15-17-28)24(29)19-22-7-5-4-6-20(22)2/h1,4-11H,12-19H2,2H3,(H,26,30). The van der Waals surface area contributed by atoms with E-state index in [1.165, 1.54) is 0 Å². The molecule has 0 aliphatic carbocycles. The number of terminal acetylenes is 1. The molecule has 1 saturated heterocycles. The van der Waals surface area contributed by atoms with Crippen LogP contribution in [0.15, 0.2) is 48.5 Å². The van der Waals surface area contributed by atoms with Crippen LogP contribution in [0.1, 0.15) is 16.7 Å². The van der Waals surface area contributed by atoms with Crippen molar-refractivity contribution in [2.75, 3.05) is 39.3 Å². The number of rotatable bonds is 7. The van der Waals surface area contributed by atoms with E-state index in [0.717, 1.165) is 28.9 Å². The highest BCUT2D eigenvalue weighted by molar-refractivity contribution is 5.80. The molecule has 0 unspecified atom stereocenters. The van der Waals surface area contributed by atoms with Crippen molar-refractivity contribution < 1.29 is 14.3 Å². The van der Waals surface area contributed by atoms with Gasteiger partial charge in [-0.15, -0.1) is 6.42 Å². The third-order valence-corrected chi connectivity index (χ3v) is 5.46. The maximum atomic E-state index is 12.6. The molecule has 1 fully saturated rings. The van der Waals surface area contributed by atoms with Gasteiger partial charge in [-0.3, -0.25) is 4.79 Å². The molecule has 0 radical (unpaired) electrons. The number of hydrogen-bond donors (Lipinski definition) is 1. The van der Waals surface area contributed by atoms with Crippen LogP contribution in [-0.4, -0.2) is 61.1 Å². The fourth-order valence-electron chi connectivity index (χ4n) is 3.55. The number of nitrogens with one attached hydrogen (secondary N) is 1. The van der Waals surface area contributed by atoms with Crippen LogP contribution in [0.25, 0.3) is 0 Å². The minimum Gasteiger partial charge on any atom is -0.481 e. The van der Waals surface area contributed by atoms with Gasteiger partial charge < -0.3 is 19.9 Å². The number of benzene rings is 2. The maximum Gasteiger partial charge on any atom is 0.317 e. The van der Waals surface area contributed by atoms with Crippen molar-refractivity contribution in [1.82, 2.24) is 15.1 Å². The Kier molecular flexibility index (Phi) is 7.94. The third-order valence-electron chi connectivity index (χ3n) is 5.46. The second-order valence-electron chi connectivity index (χ2n) is 7.59. The zero-order valence-electron chi connectivity index (χ0n) is 18.0. The first-order chi connectivity index (χ1) is 15.1. The first-order valence-corrected chi connectivity index (χ1v) is 10.6. The Morgan fingerprint density at radius 1 is 1.03 bits per heavy atom. The van der Waals surface area contributed by atoms with Crippen LogP contribution in [0.5, 0.6) is 5.75 Å². The van der Waals surface area contributed by atoms with Gasteiger partial charge in [-0.05, 0) is 42.2 Å². The Morgan fingerprint density at radius 2 is 1.71 bits per heavy atom. The van der Waals surface area contributed by atoms with Crippen LogP contribution < -0.4 is 10.1 Å². The molecule has 1 aliphatic rings. The summed E-state index contributed by atoms with van der Waals surface area (Å²) >= 11 is 0. The molecular formula is C25H29N3O3. The highest BCUT2D eigenvalue weighted by atomic mass is 16.5. The molecule has 0 aromatic heterocycles. The summed E-state index contributed by atoms with van der Waals surface area (Å²) < 4.78 is 5.36. The predicted molar refractivity (Wildman–Crippen MR) is 121 cm³/mol. The molecule has 1 N–H and O–H groups in total. The summed E-state index contributed by atoms with van der Waals surface area (Å²) in [4.78, 5) is 28.7. The average molecular weight is 420 g/mol. The summed E-state index contributed by atoms with van der Waals surface area (Å²) in [7, 11) is 0. The largest absolute Gasteiger partial charge is 0.481 e.